The molecule has 0 spiro atoms. The lowest BCUT2D eigenvalue weighted by molar-refractivity contribution is -0.121. The summed E-state index contributed by atoms with van der Waals surface area (Å²) in [6, 6.07) is 1.70. The Morgan fingerprint density at radius 2 is 2.17 bits per heavy atom. The molecule has 0 N–H and O–H groups in total. The van der Waals surface area contributed by atoms with E-state index in [1.807, 2.05) is 13.8 Å². The summed E-state index contributed by atoms with van der Waals surface area (Å²) in [6.45, 7) is 5.47. The van der Waals surface area contributed by atoms with Crippen LogP contribution in [0.1, 0.15) is 25.6 Å². The maximum Gasteiger partial charge on any atom is 0.234 e. The summed E-state index contributed by atoms with van der Waals surface area (Å²) in [5, 5.41) is 3.81. The maximum atomic E-state index is 11.6. The molecule has 0 radical (unpaired) electrons. The van der Waals surface area contributed by atoms with Gasteiger partial charge in [-0.25, -0.2) is 9.97 Å². The van der Waals surface area contributed by atoms with Crippen molar-refractivity contribution in [3.05, 3.63) is 24.0 Å². The van der Waals surface area contributed by atoms with Crippen molar-refractivity contribution in [2.45, 2.75) is 27.2 Å². The Morgan fingerprint density at radius 3 is 2.83 bits per heavy atom. The van der Waals surface area contributed by atoms with E-state index in [9.17, 15) is 4.79 Å². The lowest BCUT2D eigenvalue weighted by atomic mass is 10.1. The van der Waals surface area contributed by atoms with E-state index in [0.29, 0.717) is 23.2 Å². The smallest absolute Gasteiger partial charge is 0.234 e. The minimum absolute atomic E-state index is 0.0401. The Hall–Kier alpha value is -2.11. The highest BCUT2D eigenvalue weighted by atomic mass is 16.5. The van der Waals surface area contributed by atoms with Gasteiger partial charge in [0.1, 0.15) is 17.3 Å². The third kappa shape index (κ3) is 2.77. The average molecular weight is 246 g/mol. The number of hydrogen-bond donors (Lipinski definition) is 0. The first kappa shape index (κ1) is 12.3. The van der Waals surface area contributed by atoms with Gasteiger partial charge in [-0.15, -0.1) is 0 Å². The SMILES string of the molecule is Cc1nccc(-c2noc(CC(=O)C(C)C)n2)n1. The lowest BCUT2D eigenvalue weighted by Gasteiger charge is -1.98. The topological polar surface area (TPSA) is 81.8 Å². The van der Waals surface area contributed by atoms with Crippen LogP contribution in [0.25, 0.3) is 11.5 Å². The van der Waals surface area contributed by atoms with Gasteiger partial charge in [-0.3, -0.25) is 4.79 Å². The molecule has 0 amide bonds. The van der Waals surface area contributed by atoms with Crippen molar-refractivity contribution in [2.75, 3.05) is 0 Å². The molecule has 0 aliphatic heterocycles. The van der Waals surface area contributed by atoms with Crippen LogP contribution < -0.4 is 0 Å². The molecular weight excluding hydrogens is 232 g/mol. The number of aromatic nitrogens is 4. The van der Waals surface area contributed by atoms with Crippen molar-refractivity contribution in [2.24, 2.45) is 5.92 Å². The molecule has 0 aliphatic rings. The van der Waals surface area contributed by atoms with E-state index in [-0.39, 0.29) is 18.1 Å². The van der Waals surface area contributed by atoms with Crippen molar-refractivity contribution < 1.29 is 9.32 Å². The highest BCUT2D eigenvalue weighted by Gasteiger charge is 2.15. The van der Waals surface area contributed by atoms with Gasteiger partial charge >= 0.3 is 0 Å². The van der Waals surface area contributed by atoms with Gasteiger partial charge in [-0.1, -0.05) is 19.0 Å². The molecule has 0 atom stereocenters. The van der Waals surface area contributed by atoms with Crippen molar-refractivity contribution in [3.8, 4) is 11.5 Å². The number of nitrogens with zero attached hydrogens (tertiary/aromatic N) is 4. The molecule has 2 aromatic heterocycles. The van der Waals surface area contributed by atoms with E-state index in [1.54, 1.807) is 19.2 Å². The Balaban J connectivity index is 2.18. The molecule has 0 saturated heterocycles. The van der Waals surface area contributed by atoms with Crippen LogP contribution in [0.3, 0.4) is 0 Å². The average Bonchev–Trinajstić information content (AvgIpc) is 2.77. The third-order valence-electron chi connectivity index (χ3n) is 2.44. The molecule has 0 aromatic carbocycles. The first-order chi connectivity index (χ1) is 8.56. The maximum absolute atomic E-state index is 11.6. The van der Waals surface area contributed by atoms with Crippen molar-refractivity contribution in [3.63, 3.8) is 0 Å². The number of carbonyl (C=O) groups excluding carboxylic acids is 1. The zero-order valence-corrected chi connectivity index (χ0v) is 10.5. The summed E-state index contributed by atoms with van der Waals surface area (Å²) in [5.41, 5.74) is 0.592. The minimum atomic E-state index is -0.0401. The Kier molecular flexibility index (Phi) is 3.45. The number of carbonyl (C=O) groups is 1. The fourth-order valence-electron chi connectivity index (χ4n) is 1.36. The van der Waals surface area contributed by atoms with Crippen LogP contribution in [-0.4, -0.2) is 25.9 Å². The van der Waals surface area contributed by atoms with E-state index in [1.165, 1.54) is 0 Å². The number of hydrogen-bond acceptors (Lipinski definition) is 6. The van der Waals surface area contributed by atoms with E-state index in [0.717, 1.165) is 0 Å². The summed E-state index contributed by atoms with van der Waals surface area (Å²) in [4.78, 5) is 23.9. The second-order valence-corrected chi connectivity index (χ2v) is 4.30. The molecule has 2 rings (SSSR count). The van der Waals surface area contributed by atoms with Crippen LogP contribution in [-0.2, 0) is 11.2 Å². The van der Waals surface area contributed by atoms with Gasteiger partial charge in [-0.2, -0.15) is 4.98 Å². The van der Waals surface area contributed by atoms with E-state index in [2.05, 4.69) is 20.1 Å². The molecular formula is C12H14N4O2. The standard InChI is InChI=1S/C12H14N4O2/c1-7(2)10(17)6-11-15-12(16-18-11)9-4-5-13-8(3)14-9/h4-5,7H,6H2,1-3H3. The summed E-state index contributed by atoms with van der Waals surface area (Å²) in [6.07, 6.45) is 1.79. The van der Waals surface area contributed by atoms with Gasteiger partial charge < -0.3 is 4.52 Å². The second-order valence-electron chi connectivity index (χ2n) is 4.30. The molecule has 0 unspecified atom stereocenters. The summed E-state index contributed by atoms with van der Waals surface area (Å²) >= 11 is 0. The van der Waals surface area contributed by atoms with Crippen LogP contribution in [0.15, 0.2) is 16.8 Å². The number of Topliss-reactive ketones (excluding diaryl/α,β-unsaturated/α-hetero) is 1. The summed E-state index contributed by atoms with van der Waals surface area (Å²) < 4.78 is 5.04. The number of aryl methyl sites for hydroxylation is 1. The predicted octanol–water partition coefficient (Wildman–Crippen LogP) is 1.60. The van der Waals surface area contributed by atoms with Gasteiger partial charge in [0.05, 0.1) is 6.42 Å². The van der Waals surface area contributed by atoms with E-state index < -0.39 is 0 Å². The van der Waals surface area contributed by atoms with E-state index >= 15 is 0 Å². The molecule has 94 valence electrons. The largest absolute Gasteiger partial charge is 0.338 e. The highest BCUT2D eigenvalue weighted by Crippen LogP contribution is 2.13. The van der Waals surface area contributed by atoms with Crippen molar-refractivity contribution in [1.29, 1.82) is 0 Å². The van der Waals surface area contributed by atoms with Crippen LogP contribution in [0.4, 0.5) is 0 Å². The van der Waals surface area contributed by atoms with Gasteiger partial charge in [0, 0.05) is 12.1 Å². The number of ketones is 1. The molecule has 0 saturated carbocycles. The minimum Gasteiger partial charge on any atom is -0.338 e. The molecule has 18 heavy (non-hydrogen) atoms. The normalized spacial score (nSPS) is 10.9. The fourth-order valence-corrected chi connectivity index (χ4v) is 1.36. The number of rotatable bonds is 4. The molecule has 0 fully saturated rings. The first-order valence-corrected chi connectivity index (χ1v) is 5.71. The van der Waals surface area contributed by atoms with Crippen LogP contribution >= 0.6 is 0 Å². The molecule has 2 heterocycles. The van der Waals surface area contributed by atoms with Gasteiger partial charge in [0.2, 0.25) is 11.7 Å². The van der Waals surface area contributed by atoms with Crippen LogP contribution in [0.2, 0.25) is 0 Å². The van der Waals surface area contributed by atoms with Gasteiger partial charge in [-0.05, 0) is 13.0 Å². The lowest BCUT2D eigenvalue weighted by Crippen LogP contribution is -2.10. The molecule has 2 aromatic rings. The predicted molar refractivity (Wildman–Crippen MR) is 63.6 cm³/mol. The second kappa shape index (κ2) is 5.03. The van der Waals surface area contributed by atoms with Crippen LogP contribution in [0, 0.1) is 12.8 Å². The Morgan fingerprint density at radius 1 is 1.39 bits per heavy atom. The highest BCUT2D eigenvalue weighted by molar-refractivity contribution is 5.81. The van der Waals surface area contributed by atoms with Crippen LogP contribution in [0.5, 0.6) is 0 Å². The first-order valence-electron chi connectivity index (χ1n) is 5.71. The molecule has 6 nitrogen and oxygen atoms in total. The van der Waals surface area contributed by atoms with Crippen molar-refractivity contribution in [1.82, 2.24) is 20.1 Å². The Labute approximate surface area is 104 Å². The van der Waals surface area contributed by atoms with Gasteiger partial charge in [0.15, 0.2) is 0 Å². The zero-order chi connectivity index (χ0) is 13.1. The Bertz CT molecular complexity index is 563. The summed E-state index contributed by atoms with van der Waals surface area (Å²) in [7, 11) is 0. The third-order valence-corrected chi connectivity index (χ3v) is 2.44. The molecule has 0 bridgehead atoms. The summed E-state index contributed by atoms with van der Waals surface area (Å²) in [5.74, 6) is 1.37. The van der Waals surface area contributed by atoms with E-state index in [4.69, 9.17) is 4.52 Å². The monoisotopic (exact) mass is 246 g/mol. The quantitative estimate of drug-likeness (QED) is 0.815. The zero-order valence-electron chi connectivity index (χ0n) is 10.5. The molecule has 6 heteroatoms. The van der Waals surface area contributed by atoms with Crippen molar-refractivity contribution >= 4 is 5.78 Å². The van der Waals surface area contributed by atoms with Gasteiger partial charge in [0.25, 0.3) is 0 Å². The molecule has 0 aliphatic carbocycles. The fraction of sp³-hybridized carbons (Fsp3) is 0.417.